The molecule has 2 saturated heterocycles. The van der Waals surface area contributed by atoms with Gasteiger partial charge in [0.2, 0.25) is 5.91 Å². The first-order valence-corrected chi connectivity index (χ1v) is 11.5. The van der Waals surface area contributed by atoms with Crippen molar-refractivity contribution in [3.8, 4) is 5.82 Å². The number of piperazine rings is 1. The average molecular weight is 487 g/mol. The minimum Gasteiger partial charge on any atom is -0.368 e. The van der Waals surface area contributed by atoms with Crippen LogP contribution in [0, 0.1) is 5.92 Å². The van der Waals surface area contributed by atoms with Crippen LogP contribution < -0.4 is 9.80 Å². The van der Waals surface area contributed by atoms with E-state index in [0.29, 0.717) is 50.8 Å². The lowest BCUT2D eigenvalue weighted by atomic mass is 9.95. The number of aromatic nitrogens is 5. The van der Waals surface area contributed by atoms with Crippen LogP contribution in [0.25, 0.3) is 5.82 Å². The maximum absolute atomic E-state index is 13.1. The Labute approximate surface area is 200 Å². The van der Waals surface area contributed by atoms with Crippen LogP contribution in [0.3, 0.4) is 0 Å². The molecule has 4 heterocycles. The molecule has 0 radical (unpaired) electrons. The Morgan fingerprint density at radius 3 is 2.23 bits per heavy atom. The molecule has 3 aromatic rings. The van der Waals surface area contributed by atoms with Crippen molar-refractivity contribution in [2.45, 2.75) is 19.0 Å². The lowest BCUT2D eigenvalue weighted by Crippen LogP contribution is -2.51. The smallest absolute Gasteiger partial charge is 0.368 e. The highest BCUT2D eigenvalue weighted by atomic mass is 19.4. The molecule has 9 nitrogen and oxygen atoms in total. The molecule has 0 atom stereocenters. The summed E-state index contributed by atoms with van der Waals surface area (Å²) in [6, 6.07) is 9.08. The molecule has 2 aliphatic rings. The third-order valence-corrected chi connectivity index (χ3v) is 6.59. The predicted molar refractivity (Wildman–Crippen MR) is 122 cm³/mol. The number of benzene rings is 1. The van der Waals surface area contributed by atoms with E-state index in [9.17, 15) is 18.0 Å². The van der Waals surface area contributed by atoms with E-state index in [1.165, 1.54) is 23.1 Å². The number of anilines is 2. The fourth-order valence-electron chi connectivity index (χ4n) is 4.61. The van der Waals surface area contributed by atoms with Crippen LogP contribution in [-0.2, 0) is 11.0 Å². The Balaban J connectivity index is 1.12. The molecule has 0 aliphatic carbocycles. The van der Waals surface area contributed by atoms with E-state index in [-0.39, 0.29) is 11.8 Å². The lowest BCUT2D eigenvalue weighted by molar-refractivity contribution is -0.137. The van der Waals surface area contributed by atoms with Crippen molar-refractivity contribution < 1.29 is 18.0 Å². The molecule has 0 N–H and O–H groups in total. The first-order chi connectivity index (χ1) is 16.9. The summed E-state index contributed by atoms with van der Waals surface area (Å²) < 4.78 is 40.6. The molecule has 12 heteroatoms. The second-order valence-electron chi connectivity index (χ2n) is 8.71. The van der Waals surface area contributed by atoms with Gasteiger partial charge in [-0.05, 0) is 43.2 Å². The highest BCUT2D eigenvalue weighted by Gasteiger charge is 2.33. The third kappa shape index (κ3) is 5.05. The highest BCUT2D eigenvalue weighted by molar-refractivity contribution is 5.79. The maximum Gasteiger partial charge on any atom is 0.416 e. The fraction of sp³-hybridized carbons (Fsp3) is 0.435. The number of amides is 1. The van der Waals surface area contributed by atoms with Gasteiger partial charge in [-0.3, -0.25) is 4.79 Å². The average Bonchev–Trinajstić information content (AvgIpc) is 3.43. The molecule has 1 aromatic carbocycles. The third-order valence-electron chi connectivity index (χ3n) is 6.59. The largest absolute Gasteiger partial charge is 0.416 e. The van der Waals surface area contributed by atoms with E-state index in [2.05, 4.69) is 25.2 Å². The molecule has 0 spiro atoms. The first kappa shape index (κ1) is 23.1. The molecule has 0 bridgehead atoms. The monoisotopic (exact) mass is 486 g/mol. The van der Waals surface area contributed by atoms with Gasteiger partial charge in [-0.1, -0.05) is 6.07 Å². The van der Waals surface area contributed by atoms with Gasteiger partial charge in [0.1, 0.15) is 12.7 Å². The van der Waals surface area contributed by atoms with Gasteiger partial charge in [0.25, 0.3) is 0 Å². The van der Waals surface area contributed by atoms with Crippen LogP contribution in [0.2, 0.25) is 0 Å². The second-order valence-corrected chi connectivity index (χ2v) is 8.71. The number of alkyl halides is 3. The van der Waals surface area contributed by atoms with Gasteiger partial charge >= 0.3 is 6.18 Å². The van der Waals surface area contributed by atoms with Gasteiger partial charge in [-0.2, -0.15) is 18.3 Å². The maximum atomic E-state index is 13.1. The summed E-state index contributed by atoms with van der Waals surface area (Å²) >= 11 is 0. The van der Waals surface area contributed by atoms with E-state index in [4.69, 9.17) is 0 Å². The summed E-state index contributed by atoms with van der Waals surface area (Å²) in [6.07, 6.45) is 0.0642. The van der Waals surface area contributed by atoms with Crippen molar-refractivity contribution in [3.63, 3.8) is 0 Å². The normalized spacial score (nSPS) is 17.6. The van der Waals surface area contributed by atoms with Crippen molar-refractivity contribution in [1.82, 2.24) is 29.9 Å². The molecule has 184 valence electrons. The minimum atomic E-state index is -4.37. The minimum absolute atomic E-state index is 0.0614. The van der Waals surface area contributed by atoms with Crippen LogP contribution >= 0.6 is 0 Å². The van der Waals surface area contributed by atoms with Gasteiger partial charge < -0.3 is 14.7 Å². The van der Waals surface area contributed by atoms with Crippen molar-refractivity contribution in [2.24, 2.45) is 5.92 Å². The SMILES string of the molecule is O=C(C1CCN(c2ccc(-n3cncn3)nn2)CC1)N1CCN(c2cccc(C(F)(F)F)c2)CC1. The predicted octanol–water partition coefficient (Wildman–Crippen LogP) is 2.64. The van der Waals surface area contributed by atoms with Crippen molar-refractivity contribution in [1.29, 1.82) is 0 Å². The summed E-state index contributed by atoms with van der Waals surface area (Å²) in [4.78, 5) is 22.9. The zero-order chi connectivity index (χ0) is 24.4. The molecule has 0 saturated carbocycles. The molecule has 2 fully saturated rings. The molecule has 2 aromatic heterocycles. The van der Waals surface area contributed by atoms with Crippen molar-refractivity contribution >= 4 is 17.4 Å². The van der Waals surface area contributed by atoms with E-state index in [1.54, 1.807) is 12.4 Å². The molecule has 35 heavy (non-hydrogen) atoms. The van der Waals surface area contributed by atoms with Crippen LogP contribution in [0.4, 0.5) is 24.7 Å². The number of halogens is 3. The summed E-state index contributed by atoms with van der Waals surface area (Å²) in [5.74, 6) is 1.41. The Morgan fingerprint density at radius 1 is 0.886 bits per heavy atom. The topological polar surface area (TPSA) is 83.3 Å². The number of carbonyl (C=O) groups is 1. The number of piperidine rings is 1. The van der Waals surface area contributed by atoms with E-state index in [1.807, 2.05) is 21.9 Å². The molecular formula is C23H25F3N8O. The van der Waals surface area contributed by atoms with Crippen LogP contribution in [0.15, 0.2) is 49.1 Å². The van der Waals surface area contributed by atoms with Gasteiger partial charge in [0.15, 0.2) is 11.6 Å². The zero-order valence-electron chi connectivity index (χ0n) is 19.0. The summed E-state index contributed by atoms with van der Waals surface area (Å²) in [5.41, 5.74) is -0.117. The number of hydrogen-bond acceptors (Lipinski definition) is 7. The van der Waals surface area contributed by atoms with Crippen LogP contribution in [0.1, 0.15) is 18.4 Å². The quantitative estimate of drug-likeness (QED) is 0.561. The van der Waals surface area contributed by atoms with E-state index < -0.39 is 11.7 Å². The van der Waals surface area contributed by atoms with Gasteiger partial charge in [-0.15, -0.1) is 10.2 Å². The van der Waals surface area contributed by atoms with Crippen LogP contribution in [0.5, 0.6) is 0 Å². The summed E-state index contributed by atoms with van der Waals surface area (Å²) in [5, 5.41) is 12.5. The highest BCUT2D eigenvalue weighted by Crippen LogP contribution is 2.32. The molecular weight excluding hydrogens is 461 g/mol. The summed E-state index contributed by atoms with van der Waals surface area (Å²) in [7, 11) is 0. The molecule has 5 rings (SSSR count). The number of nitrogens with zero attached hydrogens (tertiary/aromatic N) is 8. The molecule has 2 aliphatic heterocycles. The standard InChI is InChI=1S/C23H25F3N8O/c24-23(25,26)18-2-1-3-19(14-18)31-10-12-33(13-11-31)22(35)17-6-8-32(9-7-17)20-4-5-21(30-29-20)34-16-27-15-28-34/h1-5,14-17H,6-13H2. The lowest BCUT2D eigenvalue weighted by Gasteiger charge is -2.39. The van der Waals surface area contributed by atoms with Gasteiger partial charge in [0.05, 0.1) is 5.56 Å². The zero-order valence-corrected chi connectivity index (χ0v) is 19.0. The number of carbonyl (C=O) groups excluding carboxylic acids is 1. The number of rotatable bonds is 4. The van der Waals surface area contributed by atoms with Gasteiger partial charge in [0, 0.05) is 50.9 Å². The van der Waals surface area contributed by atoms with E-state index in [0.717, 1.165) is 24.7 Å². The second kappa shape index (κ2) is 9.51. The Kier molecular flexibility index (Phi) is 6.27. The van der Waals surface area contributed by atoms with Crippen LogP contribution in [-0.4, -0.2) is 75.0 Å². The summed E-state index contributed by atoms with van der Waals surface area (Å²) in [6.45, 7) is 3.45. The molecule has 0 unspecified atom stereocenters. The fourth-order valence-corrected chi connectivity index (χ4v) is 4.61. The Hall–Kier alpha value is -3.70. The van der Waals surface area contributed by atoms with Crippen molar-refractivity contribution in [3.05, 3.63) is 54.6 Å². The Bertz CT molecular complexity index is 1140. The first-order valence-electron chi connectivity index (χ1n) is 11.5. The Morgan fingerprint density at radius 2 is 1.60 bits per heavy atom. The van der Waals surface area contributed by atoms with Crippen molar-refractivity contribution in [2.75, 3.05) is 49.1 Å². The molecule has 1 amide bonds. The number of hydrogen-bond donors (Lipinski definition) is 0. The van der Waals surface area contributed by atoms with Gasteiger partial charge in [-0.25, -0.2) is 9.67 Å². The van der Waals surface area contributed by atoms with E-state index >= 15 is 0 Å².